The second-order valence-electron chi connectivity index (χ2n) is 7.84. The Balaban J connectivity index is 1.61. The Bertz CT molecular complexity index is 1140. The fourth-order valence-corrected chi connectivity index (χ4v) is 4.84. The molecule has 1 saturated carbocycles. The highest BCUT2D eigenvalue weighted by molar-refractivity contribution is 14.1. The number of benzene rings is 2. The van der Waals surface area contributed by atoms with E-state index in [-0.39, 0.29) is 24.0 Å². The van der Waals surface area contributed by atoms with Crippen LogP contribution in [0.25, 0.3) is 6.08 Å². The third-order valence-corrected chi connectivity index (χ3v) is 6.52. The van der Waals surface area contributed by atoms with Crippen molar-refractivity contribution in [2.45, 2.75) is 38.3 Å². The lowest BCUT2D eigenvalue weighted by Gasteiger charge is -2.31. The van der Waals surface area contributed by atoms with Crippen molar-refractivity contribution >= 4 is 46.5 Å². The smallest absolute Gasteiger partial charge is 0.331 e. The van der Waals surface area contributed by atoms with Gasteiger partial charge in [0.1, 0.15) is 18.0 Å². The lowest BCUT2D eigenvalue weighted by molar-refractivity contribution is -0.131. The van der Waals surface area contributed by atoms with Crippen molar-refractivity contribution in [2.75, 3.05) is 7.11 Å². The predicted molar refractivity (Wildman–Crippen MR) is 127 cm³/mol. The molecule has 4 amide bonds. The second-order valence-corrected chi connectivity index (χ2v) is 9.01. The molecular weight excluding hydrogens is 542 g/mol. The zero-order valence-electron chi connectivity index (χ0n) is 17.9. The third-order valence-electron chi connectivity index (χ3n) is 5.72. The highest BCUT2D eigenvalue weighted by Crippen LogP contribution is 2.36. The molecule has 33 heavy (non-hydrogen) atoms. The van der Waals surface area contributed by atoms with E-state index in [0.717, 1.165) is 30.6 Å². The van der Waals surface area contributed by atoms with Crippen molar-refractivity contribution < 1.29 is 28.2 Å². The lowest BCUT2D eigenvalue weighted by Crippen LogP contribution is -2.57. The average Bonchev–Trinajstić information content (AvgIpc) is 3.30. The number of nitrogens with one attached hydrogen (secondary N) is 1. The maximum Gasteiger partial charge on any atom is 0.331 e. The Morgan fingerprint density at radius 2 is 1.91 bits per heavy atom. The molecule has 0 radical (unpaired) electrons. The molecule has 1 heterocycles. The van der Waals surface area contributed by atoms with Crippen molar-refractivity contribution in [1.82, 2.24) is 10.2 Å². The van der Waals surface area contributed by atoms with Crippen LogP contribution in [0.4, 0.5) is 9.18 Å². The summed E-state index contributed by atoms with van der Waals surface area (Å²) in [5.74, 6) is -0.892. The first-order valence-electron chi connectivity index (χ1n) is 10.5. The molecule has 2 aromatic rings. The van der Waals surface area contributed by atoms with Gasteiger partial charge < -0.3 is 9.47 Å². The zero-order valence-corrected chi connectivity index (χ0v) is 20.1. The maximum atomic E-state index is 13.9. The molecular formula is C24H22FIN2O5. The minimum Gasteiger partial charge on any atom is -0.493 e. The number of imide groups is 2. The molecule has 1 aliphatic heterocycles. The number of urea groups is 1. The normalized spacial score (nSPS) is 18.1. The van der Waals surface area contributed by atoms with Gasteiger partial charge in [-0.15, -0.1) is 0 Å². The number of amides is 4. The van der Waals surface area contributed by atoms with E-state index in [9.17, 15) is 18.8 Å². The van der Waals surface area contributed by atoms with Gasteiger partial charge in [-0.2, -0.15) is 0 Å². The predicted octanol–water partition coefficient (Wildman–Crippen LogP) is 4.42. The molecule has 1 aliphatic carbocycles. The van der Waals surface area contributed by atoms with Crippen molar-refractivity contribution in [1.29, 1.82) is 0 Å². The van der Waals surface area contributed by atoms with Crippen LogP contribution < -0.4 is 14.8 Å². The second kappa shape index (κ2) is 9.90. The standard InChI is InChI=1S/C24H22FIN2O5/c1-32-20-12-14(11-19(26)21(20)33-13-15-6-2-5-9-18(15)25)10-17-22(29)27-24(31)28(23(17)30)16-7-3-4-8-16/h2,5-6,9-12,16H,3-4,7-8,13H2,1H3,(H,27,29,31)/b17-10+. The topological polar surface area (TPSA) is 84.9 Å². The van der Waals surface area contributed by atoms with Crippen LogP contribution in [-0.4, -0.2) is 35.9 Å². The number of barbiturate groups is 1. The summed E-state index contributed by atoms with van der Waals surface area (Å²) in [6, 6.07) is 8.82. The van der Waals surface area contributed by atoms with Gasteiger partial charge in [-0.3, -0.25) is 19.8 Å². The van der Waals surface area contributed by atoms with Gasteiger partial charge in [-0.1, -0.05) is 31.0 Å². The van der Waals surface area contributed by atoms with E-state index < -0.39 is 17.8 Å². The summed E-state index contributed by atoms with van der Waals surface area (Å²) in [7, 11) is 1.47. The van der Waals surface area contributed by atoms with E-state index >= 15 is 0 Å². The van der Waals surface area contributed by atoms with Gasteiger partial charge in [0.2, 0.25) is 0 Å². The minimum absolute atomic E-state index is 0.0127. The first kappa shape index (κ1) is 23.2. The summed E-state index contributed by atoms with van der Waals surface area (Å²) in [6.45, 7) is 0.0127. The van der Waals surface area contributed by atoms with Crippen LogP contribution in [0.15, 0.2) is 42.0 Å². The number of hydrogen-bond acceptors (Lipinski definition) is 5. The minimum atomic E-state index is -0.729. The summed E-state index contributed by atoms with van der Waals surface area (Å²) in [5, 5.41) is 2.27. The molecule has 0 unspecified atom stereocenters. The Hall–Kier alpha value is -2.95. The van der Waals surface area contributed by atoms with Crippen LogP contribution in [0, 0.1) is 9.39 Å². The molecule has 172 valence electrons. The number of methoxy groups -OCH3 is 1. The van der Waals surface area contributed by atoms with Crippen LogP contribution in [0.2, 0.25) is 0 Å². The molecule has 1 N–H and O–H groups in total. The van der Waals surface area contributed by atoms with Crippen molar-refractivity contribution in [3.63, 3.8) is 0 Å². The highest BCUT2D eigenvalue weighted by atomic mass is 127. The third kappa shape index (κ3) is 4.87. The molecule has 2 aromatic carbocycles. The van der Waals surface area contributed by atoms with Gasteiger partial charge in [0.15, 0.2) is 11.5 Å². The SMILES string of the molecule is COc1cc(/C=C2\C(=O)NC(=O)N(C3CCCC3)C2=O)cc(I)c1OCc1ccccc1F. The van der Waals surface area contributed by atoms with E-state index in [1.165, 1.54) is 19.3 Å². The first-order chi connectivity index (χ1) is 15.9. The average molecular weight is 564 g/mol. The Kier molecular flexibility index (Phi) is 6.96. The van der Waals surface area contributed by atoms with Gasteiger partial charge in [-0.05, 0) is 65.3 Å². The molecule has 0 spiro atoms. The molecule has 0 atom stereocenters. The molecule has 7 nitrogen and oxygen atoms in total. The van der Waals surface area contributed by atoms with E-state index in [4.69, 9.17) is 9.47 Å². The van der Waals surface area contributed by atoms with Crippen LogP contribution >= 0.6 is 22.6 Å². The fraction of sp³-hybridized carbons (Fsp3) is 0.292. The molecule has 0 bridgehead atoms. The summed E-state index contributed by atoms with van der Waals surface area (Å²) < 4.78 is 25.8. The van der Waals surface area contributed by atoms with Crippen LogP contribution in [-0.2, 0) is 16.2 Å². The number of carbonyl (C=O) groups excluding carboxylic acids is 3. The van der Waals surface area contributed by atoms with Gasteiger partial charge in [0, 0.05) is 11.6 Å². The quantitative estimate of drug-likeness (QED) is 0.319. The molecule has 4 rings (SSSR count). The number of rotatable bonds is 6. The van der Waals surface area contributed by atoms with Crippen molar-refractivity contribution in [2.24, 2.45) is 0 Å². The Morgan fingerprint density at radius 1 is 1.18 bits per heavy atom. The largest absolute Gasteiger partial charge is 0.493 e. The molecule has 2 fully saturated rings. The van der Waals surface area contributed by atoms with E-state index in [2.05, 4.69) is 27.9 Å². The first-order valence-corrected chi connectivity index (χ1v) is 11.6. The van der Waals surface area contributed by atoms with Gasteiger partial charge in [-0.25, -0.2) is 9.18 Å². The zero-order chi connectivity index (χ0) is 23.5. The van der Waals surface area contributed by atoms with Crippen molar-refractivity contribution in [3.05, 3.63) is 62.5 Å². The Labute approximate surface area is 204 Å². The number of carbonyl (C=O) groups is 3. The van der Waals surface area contributed by atoms with Crippen LogP contribution in [0.1, 0.15) is 36.8 Å². The van der Waals surface area contributed by atoms with Crippen molar-refractivity contribution in [3.8, 4) is 11.5 Å². The molecule has 2 aliphatic rings. The van der Waals surface area contributed by atoms with E-state index in [1.54, 1.807) is 30.3 Å². The van der Waals surface area contributed by atoms with Crippen LogP contribution in [0.3, 0.4) is 0 Å². The summed E-state index contributed by atoms with van der Waals surface area (Å²) in [6.07, 6.45) is 4.80. The maximum absolute atomic E-state index is 13.9. The Morgan fingerprint density at radius 3 is 2.61 bits per heavy atom. The number of nitrogens with zero attached hydrogens (tertiary/aromatic N) is 1. The van der Waals surface area contributed by atoms with Crippen LogP contribution in [0.5, 0.6) is 11.5 Å². The fourth-order valence-electron chi connectivity index (χ4n) is 4.06. The lowest BCUT2D eigenvalue weighted by atomic mass is 10.0. The van der Waals surface area contributed by atoms with Gasteiger partial charge >= 0.3 is 6.03 Å². The number of hydrogen-bond donors (Lipinski definition) is 1. The number of ether oxygens (including phenoxy) is 2. The molecule has 9 heteroatoms. The van der Waals surface area contributed by atoms with E-state index in [0.29, 0.717) is 26.2 Å². The van der Waals surface area contributed by atoms with Gasteiger partial charge in [0.05, 0.1) is 10.7 Å². The highest BCUT2D eigenvalue weighted by Gasteiger charge is 2.40. The molecule has 1 saturated heterocycles. The monoisotopic (exact) mass is 564 g/mol. The molecule has 0 aromatic heterocycles. The number of halogens is 2. The van der Waals surface area contributed by atoms with Gasteiger partial charge in [0.25, 0.3) is 11.8 Å². The summed E-state index contributed by atoms with van der Waals surface area (Å²) >= 11 is 2.05. The van der Waals surface area contributed by atoms with E-state index in [1.807, 2.05) is 0 Å². The summed E-state index contributed by atoms with van der Waals surface area (Å²) in [5.41, 5.74) is 0.829. The summed E-state index contributed by atoms with van der Waals surface area (Å²) in [4.78, 5) is 38.9.